The van der Waals surface area contributed by atoms with Crippen molar-refractivity contribution in [1.82, 2.24) is 0 Å². The van der Waals surface area contributed by atoms with Crippen LogP contribution in [0.5, 0.6) is 0 Å². The van der Waals surface area contributed by atoms with E-state index < -0.39 is 0 Å². The van der Waals surface area contributed by atoms with Crippen LogP contribution in [0.25, 0.3) is 0 Å². The van der Waals surface area contributed by atoms with E-state index in [1.54, 1.807) is 0 Å². The molecule has 0 amide bonds. The van der Waals surface area contributed by atoms with E-state index >= 15 is 0 Å². The molecule has 0 bridgehead atoms. The molecule has 0 aliphatic heterocycles. The Balaban J connectivity index is 1.52. The van der Waals surface area contributed by atoms with Crippen molar-refractivity contribution in [2.75, 3.05) is 0 Å². The van der Waals surface area contributed by atoms with Gasteiger partial charge in [-0.1, -0.05) is 87.0 Å². The number of hydrogen-bond acceptors (Lipinski definition) is 1. The average Bonchev–Trinajstić information content (AvgIpc) is 3.11. The topological polar surface area (TPSA) is 26.0 Å². The van der Waals surface area contributed by atoms with Gasteiger partial charge in [0.15, 0.2) is 0 Å². The first-order valence-electron chi connectivity index (χ1n) is 15.4. The molecule has 0 saturated heterocycles. The zero-order valence-electron chi connectivity index (χ0n) is 23.6. The first-order valence-corrected chi connectivity index (χ1v) is 15.4. The van der Waals surface area contributed by atoms with Crippen LogP contribution < -0.4 is 5.73 Å². The van der Waals surface area contributed by atoms with Crippen LogP contribution in [0.3, 0.4) is 0 Å². The van der Waals surface area contributed by atoms with Crippen molar-refractivity contribution >= 4 is 0 Å². The summed E-state index contributed by atoms with van der Waals surface area (Å²) in [6, 6.07) is 0. The van der Waals surface area contributed by atoms with Crippen molar-refractivity contribution in [1.29, 1.82) is 0 Å². The summed E-state index contributed by atoms with van der Waals surface area (Å²) >= 11 is 0. The SMILES string of the molecule is CCCCCC(C)C1CCC2(C)C3CCC4(C)C(C(C)CCC)CCC4C3C(C)CC2(N)C1. The zero-order chi connectivity index (χ0) is 24.0. The van der Waals surface area contributed by atoms with Crippen molar-refractivity contribution in [2.24, 2.45) is 63.9 Å². The number of rotatable bonds is 8. The molecule has 0 aromatic heterocycles. The van der Waals surface area contributed by atoms with Gasteiger partial charge in [-0.2, -0.15) is 0 Å². The van der Waals surface area contributed by atoms with Gasteiger partial charge in [0.2, 0.25) is 0 Å². The maximum atomic E-state index is 7.56. The van der Waals surface area contributed by atoms with E-state index in [0.29, 0.717) is 10.8 Å². The molecule has 0 spiro atoms. The van der Waals surface area contributed by atoms with E-state index in [4.69, 9.17) is 5.73 Å². The Morgan fingerprint density at radius 2 is 1.58 bits per heavy atom. The van der Waals surface area contributed by atoms with Crippen LogP contribution in [0.15, 0.2) is 0 Å². The molecule has 4 fully saturated rings. The monoisotopic (exact) mass is 457 g/mol. The van der Waals surface area contributed by atoms with Gasteiger partial charge in [0.1, 0.15) is 0 Å². The molecule has 0 aromatic carbocycles. The van der Waals surface area contributed by atoms with Gasteiger partial charge in [-0.25, -0.2) is 0 Å². The van der Waals surface area contributed by atoms with Crippen molar-refractivity contribution < 1.29 is 0 Å². The minimum atomic E-state index is 0.0801. The second kappa shape index (κ2) is 9.78. The lowest BCUT2D eigenvalue weighted by Crippen LogP contribution is -2.68. The highest BCUT2D eigenvalue weighted by Crippen LogP contribution is 2.70. The molecule has 192 valence electrons. The minimum Gasteiger partial charge on any atom is -0.325 e. The van der Waals surface area contributed by atoms with E-state index in [1.807, 2.05) is 0 Å². The summed E-state index contributed by atoms with van der Waals surface area (Å²) in [5, 5.41) is 0. The zero-order valence-corrected chi connectivity index (χ0v) is 23.6. The molecule has 0 radical (unpaired) electrons. The highest BCUT2D eigenvalue weighted by atomic mass is 14.9. The predicted octanol–water partition coefficient (Wildman–Crippen LogP) is 9.24. The summed E-state index contributed by atoms with van der Waals surface area (Å²) in [5.41, 5.74) is 8.61. The molecule has 4 aliphatic carbocycles. The van der Waals surface area contributed by atoms with Crippen molar-refractivity contribution in [3.8, 4) is 0 Å². The third-order valence-corrected chi connectivity index (χ3v) is 12.9. The fraction of sp³-hybridized carbons (Fsp3) is 1.00. The number of unbranched alkanes of at least 4 members (excludes halogenated alkanes) is 2. The van der Waals surface area contributed by atoms with Crippen LogP contribution in [0.2, 0.25) is 0 Å². The second-order valence-electron chi connectivity index (χ2n) is 14.5. The van der Waals surface area contributed by atoms with Crippen LogP contribution in [0.4, 0.5) is 0 Å². The lowest BCUT2D eigenvalue weighted by atomic mass is 9.39. The lowest BCUT2D eigenvalue weighted by Gasteiger charge is -2.67. The normalized spacial score (nSPS) is 49.1. The van der Waals surface area contributed by atoms with E-state index in [9.17, 15) is 0 Å². The van der Waals surface area contributed by atoms with Crippen LogP contribution >= 0.6 is 0 Å². The maximum Gasteiger partial charge on any atom is 0.0216 e. The molecule has 4 saturated carbocycles. The van der Waals surface area contributed by atoms with Crippen LogP contribution in [-0.4, -0.2) is 5.54 Å². The minimum absolute atomic E-state index is 0.0801. The summed E-state index contributed by atoms with van der Waals surface area (Å²) in [7, 11) is 0. The molecule has 1 nitrogen and oxygen atoms in total. The summed E-state index contributed by atoms with van der Waals surface area (Å²) in [5.74, 6) is 7.18. The molecule has 4 aliphatic rings. The molecule has 4 rings (SSSR count). The third kappa shape index (κ3) is 4.27. The Bertz CT molecular complexity index is 657. The number of nitrogens with two attached hydrogens (primary N) is 1. The maximum absolute atomic E-state index is 7.56. The smallest absolute Gasteiger partial charge is 0.0216 e. The lowest BCUT2D eigenvalue weighted by molar-refractivity contribution is -0.156. The molecule has 2 N–H and O–H groups in total. The quantitative estimate of drug-likeness (QED) is 0.361. The predicted molar refractivity (Wildman–Crippen MR) is 144 cm³/mol. The Morgan fingerprint density at radius 3 is 2.27 bits per heavy atom. The fourth-order valence-corrected chi connectivity index (χ4v) is 10.9. The summed E-state index contributed by atoms with van der Waals surface area (Å²) in [4.78, 5) is 0. The van der Waals surface area contributed by atoms with Crippen molar-refractivity contribution in [3.05, 3.63) is 0 Å². The second-order valence-corrected chi connectivity index (χ2v) is 14.5. The standard InChI is InChI=1S/C32H59N/c1-8-10-11-13-22(3)25-16-19-31(7)28-17-18-30(6)26(23(4)12-9-2)14-15-27(30)29(28)24(5)20-32(31,33)21-25/h22-29H,8-21,33H2,1-7H3. The molecule has 11 atom stereocenters. The van der Waals surface area contributed by atoms with Crippen LogP contribution in [0, 0.1) is 58.2 Å². The third-order valence-electron chi connectivity index (χ3n) is 12.9. The Kier molecular flexibility index (Phi) is 7.72. The molecule has 0 aromatic rings. The van der Waals surface area contributed by atoms with Gasteiger partial charge >= 0.3 is 0 Å². The van der Waals surface area contributed by atoms with E-state index in [2.05, 4.69) is 48.5 Å². The molecule has 33 heavy (non-hydrogen) atoms. The van der Waals surface area contributed by atoms with Gasteiger partial charge in [-0.05, 0) is 110 Å². The fourth-order valence-electron chi connectivity index (χ4n) is 10.9. The van der Waals surface area contributed by atoms with E-state index in [-0.39, 0.29) is 5.54 Å². The van der Waals surface area contributed by atoms with Gasteiger partial charge in [0.25, 0.3) is 0 Å². The van der Waals surface area contributed by atoms with Gasteiger partial charge in [-0.3, -0.25) is 0 Å². The molecular weight excluding hydrogens is 398 g/mol. The first-order chi connectivity index (χ1) is 15.6. The Hall–Kier alpha value is -0.0400. The van der Waals surface area contributed by atoms with E-state index in [1.165, 1.54) is 89.9 Å². The van der Waals surface area contributed by atoms with E-state index in [0.717, 1.165) is 47.3 Å². The van der Waals surface area contributed by atoms with Gasteiger partial charge < -0.3 is 5.73 Å². The molecule has 1 heteroatoms. The largest absolute Gasteiger partial charge is 0.325 e. The molecular formula is C32H59N. The van der Waals surface area contributed by atoms with Crippen LogP contribution in [-0.2, 0) is 0 Å². The highest BCUT2D eigenvalue weighted by molar-refractivity contribution is 5.17. The van der Waals surface area contributed by atoms with Crippen molar-refractivity contribution in [3.63, 3.8) is 0 Å². The van der Waals surface area contributed by atoms with Crippen molar-refractivity contribution in [2.45, 2.75) is 144 Å². The number of hydrogen-bond donors (Lipinski definition) is 1. The van der Waals surface area contributed by atoms with Crippen LogP contribution in [0.1, 0.15) is 138 Å². The Labute approximate surface area is 207 Å². The van der Waals surface area contributed by atoms with Gasteiger partial charge in [0, 0.05) is 5.54 Å². The average molecular weight is 458 g/mol. The Morgan fingerprint density at radius 1 is 0.818 bits per heavy atom. The van der Waals surface area contributed by atoms with Gasteiger partial charge in [0.05, 0.1) is 0 Å². The highest BCUT2D eigenvalue weighted by Gasteiger charge is 2.65. The summed E-state index contributed by atoms with van der Waals surface area (Å²) < 4.78 is 0. The first kappa shape index (κ1) is 26.0. The molecule has 11 unspecified atom stereocenters. The molecule has 0 heterocycles. The van der Waals surface area contributed by atoms with Gasteiger partial charge in [-0.15, -0.1) is 0 Å². The number of fused-ring (bicyclic) bond motifs is 5. The summed E-state index contributed by atoms with van der Waals surface area (Å²) in [6.45, 7) is 17.9. The summed E-state index contributed by atoms with van der Waals surface area (Å²) in [6.07, 6.45) is 19.8.